The number of fused-ring (bicyclic) bond motifs is 2. The highest BCUT2D eigenvalue weighted by Gasteiger charge is 2.31. The Kier molecular flexibility index (Phi) is 2.07. The molecule has 0 radical (unpaired) electrons. The normalized spacial score (nSPS) is 15.8. The van der Waals surface area contributed by atoms with E-state index >= 15 is 0 Å². The molecule has 5 nitrogen and oxygen atoms in total. The number of rotatable bonds is 1. The Hall–Kier alpha value is -2.17. The third-order valence-electron chi connectivity index (χ3n) is 4.01. The predicted octanol–water partition coefficient (Wildman–Crippen LogP) is 1.84. The Morgan fingerprint density at radius 1 is 1.16 bits per heavy atom. The number of nitrogen functional groups attached to an aromatic ring is 1. The summed E-state index contributed by atoms with van der Waals surface area (Å²) in [5.74, 6) is 2.56. The Morgan fingerprint density at radius 3 is 2.63 bits per heavy atom. The van der Waals surface area contributed by atoms with Gasteiger partial charge in [0.2, 0.25) is 0 Å². The fourth-order valence-electron chi connectivity index (χ4n) is 3.12. The summed E-state index contributed by atoms with van der Waals surface area (Å²) in [5.41, 5.74) is 11.6. The standard InChI is InChI=1S/C14H15N3O2/c1-7-8-2-4-19-13(8)11(9-3-5-18-12(7)9)10-6-16-17-14(10)15/h6H,2-5H2,1H3,(H3,15,16,17). The third-order valence-corrected chi connectivity index (χ3v) is 4.01. The molecule has 0 atom stereocenters. The lowest BCUT2D eigenvalue weighted by Crippen LogP contribution is -1.96. The van der Waals surface area contributed by atoms with Gasteiger partial charge in [0.25, 0.3) is 0 Å². The summed E-state index contributed by atoms with van der Waals surface area (Å²) in [4.78, 5) is 0. The summed E-state index contributed by atoms with van der Waals surface area (Å²) in [5, 5.41) is 6.82. The first-order valence-electron chi connectivity index (χ1n) is 6.50. The van der Waals surface area contributed by atoms with Gasteiger partial charge in [0, 0.05) is 35.1 Å². The van der Waals surface area contributed by atoms with Crippen molar-refractivity contribution in [1.29, 1.82) is 0 Å². The highest BCUT2D eigenvalue weighted by atomic mass is 16.5. The second-order valence-corrected chi connectivity index (χ2v) is 5.01. The minimum atomic E-state index is 0.579. The number of hydrogen-bond acceptors (Lipinski definition) is 4. The van der Waals surface area contributed by atoms with Crippen LogP contribution in [-0.2, 0) is 12.8 Å². The minimum absolute atomic E-state index is 0.579. The van der Waals surface area contributed by atoms with Crippen LogP contribution < -0.4 is 15.2 Å². The molecule has 1 aromatic carbocycles. The molecule has 2 aliphatic heterocycles. The largest absolute Gasteiger partial charge is 0.493 e. The maximum absolute atomic E-state index is 5.98. The summed E-state index contributed by atoms with van der Waals surface area (Å²) >= 11 is 0. The molecule has 4 rings (SSSR count). The second kappa shape index (κ2) is 3.66. The number of hydrogen-bond donors (Lipinski definition) is 2. The van der Waals surface area contributed by atoms with Gasteiger partial charge in [0.05, 0.1) is 19.4 Å². The van der Waals surface area contributed by atoms with E-state index < -0.39 is 0 Å². The first-order chi connectivity index (χ1) is 9.27. The molecule has 0 aliphatic carbocycles. The van der Waals surface area contributed by atoms with Gasteiger partial charge in [-0.3, -0.25) is 5.10 Å². The van der Waals surface area contributed by atoms with Crippen LogP contribution in [0.3, 0.4) is 0 Å². The molecule has 3 heterocycles. The third kappa shape index (κ3) is 1.32. The first-order valence-corrected chi connectivity index (χ1v) is 6.50. The zero-order valence-corrected chi connectivity index (χ0v) is 10.7. The smallest absolute Gasteiger partial charge is 0.131 e. The van der Waals surface area contributed by atoms with Gasteiger partial charge in [-0.25, -0.2) is 0 Å². The summed E-state index contributed by atoms with van der Waals surface area (Å²) in [7, 11) is 0. The van der Waals surface area contributed by atoms with Crippen molar-refractivity contribution in [3.8, 4) is 22.6 Å². The molecule has 3 N–H and O–H groups in total. The molecular formula is C14H15N3O2. The zero-order chi connectivity index (χ0) is 13.0. The Labute approximate surface area is 110 Å². The van der Waals surface area contributed by atoms with E-state index in [9.17, 15) is 0 Å². The van der Waals surface area contributed by atoms with Crippen LogP contribution in [0.15, 0.2) is 6.20 Å². The molecule has 0 spiro atoms. The van der Waals surface area contributed by atoms with Crippen LogP contribution in [0.2, 0.25) is 0 Å². The topological polar surface area (TPSA) is 73.2 Å². The Bertz CT molecular complexity index is 641. The Balaban J connectivity index is 2.08. The molecule has 0 amide bonds. The van der Waals surface area contributed by atoms with Gasteiger partial charge in [-0.05, 0) is 12.5 Å². The number of aromatic amines is 1. The number of nitrogens with one attached hydrogen (secondary N) is 1. The highest BCUT2D eigenvalue weighted by molar-refractivity contribution is 5.85. The van der Waals surface area contributed by atoms with Gasteiger partial charge >= 0.3 is 0 Å². The van der Waals surface area contributed by atoms with Crippen LogP contribution in [0.1, 0.15) is 16.7 Å². The van der Waals surface area contributed by atoms with Crippen molar-refractivity contribution in [3.63, 3.8) is 0 Å². The van der Waals surface area contributed by atoms with E-state index in [1.54, 1.807) is 6.20 Å². The highest BCUT2D eigenvalue weighted by Crippen LogP contribution is 2.49. The summed E-state index contributed by atoms with van der Waals surface area (Å²) in [6.45, 7) is 3.56. The number of nitrogens with two attached hydrogens (primary N) is 1. The van der Waals surface area contributed by atoms with Crippen LogP contribution >= 0.6 is 0 Å². The van der Waals surface area contributed by atoms with Crippen LogP contribution in [0.25, 0.3) is 11.1 Å². The van der Waals surface area contributed by atoms with Crippen molar-refractivity contribution >= 4 is 5.82 Å². The van der Waals surface area contributed by atoms with Crippen LogP contribution in [0.4, 0.5) is 5.82 Å². The van der Waals surface area contributed by atoms with E-state index in [1.807, 2.05) is 0 Å². The first kappa shape index (κ1) is 10.7. The molecule has 5 heteroatoms. The van der Waals surface area contributed by atoms with Crippen LogP contribution in [0.5, 0.6) is 11.5 Å². The number of aromatic nitrogens is 2. The average Bonchev–Trinajstić information content (AvgIpc) is 3.10. The maximum atomic E-state index is 5.98. The molecule has 0 unspecified atom stereocenters. The van der Waals surface area contributed by atoms with E-state index in [2.05, 4.69) is 17.1 Å². The average molecular weight is 257 g/mol. The monoisotopic (exact) mass is 257 g/mol. The van der Waals surface area contributed by atoms with E-state index in [-0.39, 0.29) is 0 Å². The minimum Gasteiger partial charge on any atom is -0.493 e. The molecule has 0 bridgehead atoms. The lowest BCUT2D eigenvalue weighted by Gasteiger charge is -2.15. The zero-order valence-electron chi connectivity index (χ0n) is 10.7. The molecule has 98 valence electrons. The lowest BCUT2D eigenvalue weighted by molar-refractivity contribution is 0.354. The molecular weight excluding hydrogens is 242 g/mol. The van der Waals surface area contributed by atoms with Crippen molar-refractivity contribution < 1.29 is 9.47 Å². The number of ether oxygens (including phenoxy) is 2. The van der Waals surface area contributed by atoms with Crippen molar-refractivity contribution in [2.45, 2.75) is 19.8 Å². The van der Waals surface area contributed by atoms with E-state index in [1.165, 1.54) is 16.7 Å². The van der Waals surface area contributed by atoms with Gasteiger partial charge in [0.1, 0.15) is 17.3 Å². The van der Waals surface area contributed by atoms with Gasteiger partial charge in [-0.15, -0.1) is 0 Å². The molecule has 0 saturated carbocycles. The van der Waals surface area contributed by atoms with Crippen LogP contribution in [0, 0.1) is 6.92 Å². The molecule has 1 aromatic heterocycles. The summed E-state index contributed by atoms with van der Waals surface area (Å²) < 4.78 is 11.7. The van der Waals surface area contributed by atoms with Crippen molar-refractivity contribution in [1.82, 2.24) is 10.2 Å². The predicted molar refractivity (Wildman–Crippen MR) is 71.6 cm³/mol. The van der Waals surface area contributed by atoms with Crippen LogP contribution in [-0.4, -0.2) is 23.4 Å². The fraction of sp³-hybridized carbons (Fsp3) is 0.357. The quantitative estimate of drug-likeness (QED) is 0.817. The number of benzene rings is 1. The van der Waals surface area contributed by atoms with E-state index in [0.29, 0.717) is 5.82 Å². The van der Waals surface area contributed by atoms with E-state index in [0.717, 1.165) is 48.7 Å². The lowest BCUT2D eigenvalue weighted by atomic mass is 9.92. The summed E-state index contributed by atoms with van der Waals surface area (Å²) in [6.07, 6.45) is 3.59. The molecule has 19 heavy (non-hydrogen) atoms. The van der Waals surface area contributed by atoms with E-state index in [4.69, 9.17) is 15.2 Å². The fourth-order valence-corrected chi connectivity index (χ4v) is 3.12. The maximum Gasteiger partial charge on any atom is 0.131 e. The summed E-state index contributed by atoms with van der Waals surface area (Å²) in [6, 6.07) is 0. The number of anilines is 1. The molecule has 2 aliphatic rings. The molecule has 0 saturated heterocycles. The van der Waals surface area contributed by atoms with Gasteiger partial charge in [-0.2, -0.15) is 5.10 Å². The molecule has 0 fully saturated rings. The van der Waals surface area contributed by atoms with Gasteiger partial charge in [0.15, 0.2) is 0 Å². The van der Waals surface area contributed by atoms with Crippen molar-refractivity contribution in [2.24, 2.45) is 0 Å². The molecule has 2 aromatic rings. The van der Waals surface area contributed by atoms with Gasteiger partial charge < -0.3 is 15.2 Å². The Morgan fingerprint density at radius 2 is 1.89 bits per heavy atom. The van der Waals surface area contributed by atoms with Crippen molar-refractivity contribution in [2.75, 3.05) is 18.9 Å². The van der Waals surface area contributed by atoms with Gasteiger partial charge in [-0.1, -0.05) is 0 Å². The number of nitrogens with zero attached hydrogens (tertiary/aromatic N) is 1. The second-order valence-electron chi connectivity index (χ2n) is 5.01. The SMILES string of the molecule is Cc1c2c(c(-c3cn[nH]c3N)c3c1OCC3)OCC2. The number of H-pyrrole nitrogens is 1. The van der Waals surface area contributed by atoms with Crippen molar-refractivity contribution in [3.05, 3.63) is 22.9 Å².